The van der Waals surface area contributed by atoms with Crippen LogP contribution in [-0.4, -0.2) is 25.3 Å². The van der Waals surface area contributed by atoms with Crippen molar-refractivity contribution in [2.45, 2.75) is 12.0 Å². The molecule has 9 N–H and O–H groups in total. The van der Waals surface area contributed by atoms with E-state index in [1.165, 1.54) is 0 Å². The summed E-state index contributed by atoms with van der Waals surface area (Å²) in [6, 6.07) is 0. The summed E-state index contributed by atoms with van der Waals surface area (Å²) in [4.78, 5) is 0. The van der Waals surface area contributed by atoms with Crippen LogP contribution in [-0.2, 0) is 0 Å². The minimum absolute atomic E-state index is 0.228. The van der Waals surface area contributed by atoms with Crippen molar-refractivity contribution < 1.29 is 0 Å². The van der Waals surface area contributed by atoms with Crippen LogP contribution in [0.1, 0.15) is 0 Å². The summed E-state index contributed by atoms with van der Waals surface area (Å²) < 4.78 is 0. The highest BCUT2D eigenvalue weighted by Crippen LogP contribution is 1.87. The minimum Gasteiger partial charge on any atom is -0.299 e. The fraction of sp³-hybridized carbons (Fsp3) is 1.00. The molecule has 6 nitrogen and oxygen atoms in total. The summed E-state index contributed by atoms with van der Waals surface area (Å²) >= 11 is 0. The van der Waals surface area contributed by atoms with Gasteiger partial charge in [-0.2, -0.15) is 0 Å². The van der Waals surface area contributed by atoms with Gasteiger partial charge in [-0.1, -0.05) is 0 Å². The summed E-state index contributed by atoms with van der Waals surface area (Å²) in [7, 11) is 0. The van der Waals surface area contributed by atoms with Crippen molar-refractivity contribution in [3.8, 4) is 0 Å². The zero-order chi connectivity index (χ0) is 7.61. The monoisotopic (exact) mass is 146 g/mol. The number of rotatable bonds is 1. The van der Waals surface area contributed by atoms with Crippen LogP contribution in [0.15, 0.2) is 0 Å². The molecule has 1 saturated heterocycles. The fourth-order valence-electron chi connectivity index (χ4n) is 0.837. The van der Waals surface area contributed by atoms with Gasteiger partial charge in [0.15, 0.2) is 0 Å². The highest BCUT2D eigenvalue weighted by molar-refractivity contribution is 4.84. The smallest absolute Gasteiger partial charge is 0.145 e. The predicted molar refractivity (Wildman–Crippen MR) is 38.2 cm³/mol. The molecule has 0 unspecified atom stereocenters. The average Bonchev–Trinajstić information content (AvgIpc) is 1.88. The van der Waals surface area contributed by atoms with Gasteiger partial charge in [-0.15, -0.1) is 0 Å². The maximum atomic E-state index is 5.41. The van der Waals surface area contributed by atoms with Gasteiger partial charge in [0.1, 0.15) is 12.0 Å². The van der Waals surface area contributed by atoms with E-state index < -0.39 is 5.79 Å². The van der Waals surface area contributed by atoms with Crippen molar-refractivity contribution >= 4 is 0 Å². The average molecular weight is 146 g/mol. The summed E-state index contributed by atoms with van der Waals surface area (Å²) in [6.45, 7) is 1.34. The van der Waals surface area contributed by atoms with Gasteiger partial charge in [-0.25, -0.2) is 0 Å². The van der Waals surface area contributed by atoms with Crippen molar-refractivity contribution in [1.29, 1.82) is 0 Å². The standard InChI is InChI=1S/C4H14N6/c5-4(6,7)3-9-1-8-2-10-3/h3,8-10H,1-2,5-7H2. The first-order valence-electron chi connectivity index (χ1n) is 3.15. The van der Waals surface area contributed by atoms with Gasteiger partial charge in [0.2, 0.25) is 0 Å². The zero-order valence-corrected chi connectivity index (χ0v) is 5.72. The Bertz CT molecular complexity index is 101. The molecule has 1 fully saturated rings. The lowest BCUT2D eigenvalue weighted by Gasteiger charge is -2.34. The van der Waals surface area contributed by atoms with Crippen molar-refractivity contribution in [2.75, 3.05) is 13.3 Å². The summed E-state index contributed by atoms with van der Waals surface area (Å²) in [5.74, 6) is -1.19. The highest BCUT2D eigenvalue weighted by atomic mass is 15.4. The number of hydrogen-bond acceptors (Lipinski definition) is 6. The van der Waals surface area contributed by atoms with Crippen molar-refractivity contribution in [1.82, 2.24) is 16.0 Å². The van der Waals surface area contributed by atoms with Crippen LogP contribution in [0.4, 0.5) is 0 Å². The first kappa shape index (κ1) is 7.86. The zero-order valence-electron chi connectivity index (χ0n) is 5.72. The molecule has 0 amide bonds. The van der Waals surface area contributed by atoms with Crippen molar-refractivity contribution in [2.24, 2.45) is 17.2 Å². The van der Waals surface area contributed by atoms with Gasteiger partial charge in [-0.3, -0.25) is 33.2 Å². The second kappa shape index (κ2) is 2.79. The third-order valence-electron chi connectivity index (χ3n) is 1.36. The lowest BCUT2D eigenvalue weighted by atomic mass is 10.3. The molecule has 1 heterocycles. The van der Waals surface area contributed by atoms with E-state index >= 15 is 0 Å². The molecule has 0 spiro atoms. The van der Waals surface area contributed by atoms with E-state index in [9.17, 15) is 0 Å². The normalized spacial score (nSPS) is 23.1. The van der Waals surface area contributed by atoms with Crippen molar-refractivity contribution in [3.63, 3.8) is 0 Å². The maximum Gasteiger partial charge on any atom is 0.145 e. The summed E-state index contributed by atoms with van der Waals surface area (Å²) in [5, 5.41) is 8.92. The minimum atomic E-state index is -1.19. The summed E-state index contributed by atoms with van der Waals surface area (Å²) in [6.07, 6.45) is -0.228. The Hall–Kier alpha value is -0.240. The number of hydrogen-bond donors (Lipinski definition) is 6. The van der Waals surface area contributed by atoms with Gasteiger partial charge in [-0.05, 0) is 0 Å². The molecule has 60 valence electrons. The van der Waals surface area contributed by atoms with E-state index in [0.717, 1.165) is 0 Å². The van der Waals surface area contributed by atoms with Crippen LogP contribution in [0.25, 0.3) is 0 Å². The molecule has 1 aliphatic heterocycles. The molecule has 0 aromatic heterocycles. The van der Waals surface area contributed by atoms with Crippen LogP contribution < -0.4 is 33.2 Å². The van der Waals surface area contributed by atoms with Crippen LogP contribution in [0.2, 0.25) is 0 Å². The Morgan fingerprint density at radius 1 is 1.10 bits per heavy atom. The first-order valence-corrected chi connectivity index (χ1v) is 3.15. The van der Waals surface area contributed by atoms with Crippen LogP contribution in [0.3, 0.4) is 0 Å². The SMILES string of the molecule is NC(N)(N)C1NCNCN1. The fourth-order valence-corrected chi connectivity index (χ4v) is 0.837. The van der Waals surface area contributed by atoms with Gasteiger partial charge >= 0.3 is 0 Å². The molecule has 6 heteroatoms. The Kier molecular flexibility index (Phi) is 2.19. The molecule has 0 atom stereocenters. The number of nitrogens with two attached hydrogens (primary N) is 3. The summed E-state index contributed by atoms with van der Waals surface area (Å²) in [5.41, 5.74) is 16.2. The Morgan fingerprint density at radius 3 is 1.90 bits per heavy atom. The van der Waals surface area contributed by atoms with Gasteiger partial charge in [0.05, 0.1) is 0 Å². The lowest BCUT2D eigenvalue weighted by molar-refractivity contribution is 0.222. The molecule has 10 heavy (non-hydrogen) atoms. The molecule has 0 radical (unpaired) electrons. The molecule has 0 aromatic carbocycles. The Balaban J connectivity index is 2.39. The maximum absolute atomic E-state index is 5.41. The molecule has 1 aliphatic rings. The van der Waals surface area contributed by atoms with Crippen LogP contribution in [0.5, 0.6) is 0 Å². The van der Waals surface area contributed by atoms with E-state index in [4.69, 9.17) is 17.2 Å². The molecular weight excluding hydrogens is 132 g/mol. The first-order chi connectivity index (χ1) is 4.61. The van der Waals surface area contributed by atoms with E-state index in [1.807, 2.05) is 0 Å². The third-order valence-corrected chi connectivity index (χ3v) is 1.36. The van der Waals surface area contributed by atoms with Gasteiger partial charge in [0, 0.05) is 13.3 Å². The molecular formula is C4H14N6. The van der Waals surface area contributed by atoms with Crippen LogP contribution >= 0.6 is 0 Å². The predicted octanol–water partition coefficient (Wildman–Crippen LogP) is -3.46. The van der Waals surface area contributed by atoms with Gasteiger partial charge in [0.25, 0.3) is 0 Å². The van der Waals surface area contributed by atoms with E-state index in [0.29, 0.717) is 13.3 Å². The van der Waals surface area contributed by atoms with E-state index in [1.54, 1.807) is 0 Å². The molecule has 0 saturated carbocycles. The second-order valence-electron chi connectivity index (χ2n) is 2.44. The largest absolute Gasteiger partial charge is 0.299 e. The van der Waals surface area contributed by atoms with E-state index in [2.05, 4.69) is 16.0 Å². The van der Waals surface area contributed by atoms with Gasteiger partial charge < -0.3 is 0 Å². The van der Waals surface area contributed by atoms with Crippen LogP contribution in [0, 0.1) is 0 Å². The molecule has 1 rings (SSSR count). The quantitative estimate of drug-likeness (QED) is 0.214. The molecule has 0 bridgehead atoms. The third kappa shape index (κ3) is 1.87. The number of nitrogens with one attached hydrogen (secondary N) is 3. The highest BCUT2D eigenvalue weighted by Gasteiger charge is 2.26. The topological polar surface area (TPSA) is 114 Å². The second-order valence-corrected chi connectivity index (χ2v) is 2.44. The van der Waals surface area contributed by atoms with Crippen molar-refractivity contribution in [3.05, 3.63) is 0 Å². The molecule has 0 aliphatic carbocycles. The molecule has 0 aromatic rings. The Labute approximate surface area is 59.5 Å². The van der Waals surface area contributed by atoms with E-state index in [-0.39, 0.29) is 6.17 Å². The lowest BCUT2D eigenvalue weighted by Crippen LogP contribution is -2.77. The Morgan fingerprint density at radius 2 is 1.60 bits per heavy atom.